The summed E-state index contributed by atoms with van der Waals surface area (Å²) in [4.78, 5) is 4.16. The standard InChI is InChI=1S/C18H22FN3O5S2/c1-2-28(23,24)21-15-5-8-18(20-13-15)27-16-9-11-22(12-10-16)29(25,26)17-6-3-14(19)4-7-17/h3-8,13,16,21H,2,9-12H2,1H3. The Bertz CT molecular complexity index is 1030. The minimum absolute atomic E-state index is 0.0370. The Kier molecular flexibility index (Phi) is 6.39. The molecule has 1 N–H and O–H groups in total. The lowest BCUT2D eigenvalue weighted by atomic mass is 10.1. The summed E-state index contributed by atoms with van der Waals surface area (Å²) >= 11 is 0. The van der Waals surface area contributed by atoms with E-state index < -0.39 is 25.9 Å². The Labute approximate surface area is 169 Å². The van der Waals surface area contributed by atoms with Crippen LogP contribution in [-0.2, 0) is 20.0 Å². The van der Waals surface area contributed by atoms with Crippen LogP contribution in [-0.4, -0.2) is 51.1 Å². The van der Waals surface area contributed by atoms with Gasteiger partial charge in [-0.25, -0.2) is 26.2 Å². The molecule has 0 radical (unpaired) electrons. The summed E-state index contributed by atoms with van der Waals surface area (Å²) < 4.78 is 71.0. The van der Waals surface area contributed by atoms with Crippen molar-refractivity contribution in [2.45, 2.75) is 30.8 Å². The van der Waals surface area contributed by atoms with E-state index in [1.165, 1.54) is 29.6 Å². The van der Waals surface area contributed by atoms with Crippen LogP contribution in [0, 0.1) is 5.82 Å². The van der Waals surface area contributed by atoms with E-state index in [1.807, 2.05) is 0 Å². The SMILES string of the molecule is CCS(=O)(=O)Nc1ccc(OC2CCN(S(=O)(=O)c3ccc(F)cc3)CC2)nc1. The van der Waals surface area contributed by atoms with Gasteiger partial charge in [-0.3, -0.25) is 4.72 Å². The number of anilines is 1. The molecule has 0 atom stereocenters. The average Bonchev–Trinajstić information content (AvgIpc) is 2.70. The number of halogens is 1. The fraction of sp³-hybridized carbons (Fsp3) is 0.389. The number of rotatable bonds is 7. The molecule has 1 aromatic carbocycles. The van der Waals surface area contributed by atoms with Crippen molar-refractivity contribution in [3.8, 4) is 5.88 Å². The molecule has 29 heavy (non-hydrogen) atoms. The predicted molar refractivity (Wildman–Crippen MR) is 106 cm³/mol. The molecule has 1 fully saturated rings. The van der Waals surface area contributed by atoms with Crippen LogP contribution in [0.3, 0.4) is 0 Å². The lowest BCUT2D eigenvalue weighted by molar-refractivity contribution is 0.130. The van der Waals surface area contributed by atoms with E-state index in [1.54, 1.807) is 12.1 Å². The van der Waals surface area contributed by atoms with Gasteiger partial charge in [-0.05, 0) is 50.1 Å². The van der Waals surface area contributed by atoms with E-state index in [9.17, 15) is 21.2 Å². The molecular formula is C18H22FN3O5S2. The number of benzene rings is 1. The molecule has 1 saturated heterocycles. The molecule has 158 valence electrons. The number of aromatic nitrogens is 1. The lowest BCUT2D eigenvalue weighted by Crippen LogP contribution is -2.41. The van der Waals surface area contributed by atoms with Crippen LogP contribution in [0.1, 0.15) is 19.8 Å². The summed E-state index contributed by atoms with van der Waals surface area (Å²) in [7, 11) is -7.04. The van der Waals surface area contributed by atoms with E-state index in [4.69, 9.17) is 4.74 Å². The zero-order chi connectivity index (χ0) is 21.1. The second-order valence-corrected chi connectivity index (χ2v) is 10.5. The van der Waals surface area contributed by atoms with Crippen molar-refractivity contribution < 1.29 is 26.0 Å². The maximum atomic E-state index is 13.0. The molecule has 1 aliphatic heterocycles. The summed E-state index contributed by atoms with van der Waals surface area (Å²) in [6, 6.07) is 7.88. The highest BCUT2D eigenvalue weighted by atomic mass is 32.2. The van der Waals surface area contributed by atoms with Crippen molar-refractivity contribution >= 4 is 25.7 Å². The zero-order valence-corrected chi connectivity index (χ0v) is 17.4. The van der Waals surface area contributed by atoms with Crippen LogP contribution in [0.15, 0.2) is 47.5 Å². The third-order valence-corrected chi connectivity index (χ3v) is 7.75. The van der Waals surface area contributed by atoms with Gasteiger partial charge in [0.15, 0.2) is 0 Å². The van der Waals surface area contributed by atoms with Crippen molar-refractivity contribution in [3.05, 3.63) is 48.4 Å². The van der Waals surface area contributed by atoms with Gasteiger partial charge in [0, 0.05) is 19.2 Å². The van der Waals surface area contributed by atoms with Gasteiger partial charge in [0.1, 0.15) is 11.9 Å². The first-order chi connectivity index (χ1) is 13.7. The zero-order valence-electron chi connectivity index (χ0n) is 15.8. The maximum Gasteiger partial charge on any atom is 0.243 e. The van der Waals surface area contributed by atoms with Gasteiger partial charge in [0.2, 0.25) is 25.9 Å². The molecule has 0 amide bonds. The highest BCUT2D eigenvalue weighted by molar-refractivity contribution is 7.92. The minimum atomic E-state index is -3.67. The molecule has 2 heterocycles. The van der Waals surface area contributed by atoms with Crippen LogP contribution in [0.5, 0.6) is 5.88 Å². The molecule has 0 unspecified atom stereocenters. The van der Waals surface area contributed by atoms with Crippen LogP contribution in [0.2, 0.25) is 0 Å². The largest absolute Gasteiger partial charge is 0.474 e. The van der Waals surface area contributed by atoms with Crippen molar-refractivity contribution in [2.24, 2.45) is 0 Å². The Morgan fingerprint density at radius 1 is 1.10 bits per heavy atom. The van der Waals surface area contributed by atoms with Gasteiger partial charge in [0.25, 0.3) is 0 Å². The predicted octanol–water partition coefficient (Wildman–Crippen LogP) is 2.21. The van der Waals surface area contributed by atoms with E-state index in [2.05, 4.69) is 9.71 Å². The smallest absolute Gasteiger partial charge is 0.243 e. The quantitative estimate of drug-likeness (QED) is 0.703. The van der Waals surface area contributed by atoms with E-state index >= 15 is 0 Å². The fourth-order valence-electron chi connectivity index (χ4n) is 2.88. The number of hydrogen-bond donors (Lipinski definition) is 1. The molecule has 0 spiro atoms. The van der Waals surface area contributed by atoms with Gasteiger partial charge in [-0.2, -0.15) is 4.31 Å². The summed E-state index contributed by atoms with van der Waals surface area (Å²) in [5.41, 5.74) is 0.347. The third-order valence-electron chi connectivity index (χ3n) is 4.53. The van der Waals surface area contributed by atoms with Crippen molar-refractivity contribution in [2.75, 3.05) is 23.6 Å². The number of nitrogens with one attached hydrogen (secondary N) is 1. The molecule has 1 aliphatic rings. The number of piperidine rings is 1. The lowest BCUT2D eigenvalue weighted by Gasteiger charge is -2.31. The summed E-state index contributed by atoms with van der Waals surface area (Å²) in [6.45, 7) is 2.09. The second kappa shape index (κ2) is 8.64. The Balaban J connectivity index is 1.56. The van der Waals surface area contributed by atoms with Crippen molar-refractivity contribution in [1.29, 1.82) is 0 Å². The van der Waals surface area contributed by atoms with Crippen LogP contribution < -0.4 is 9.46 Å². The number of pyridine rings is 1. The van der Waals surface area contributed by atoms with E-state index in [0.29, 0.717) is 24.4 Å². The second-order valence-electron chi connectivity index (χ2n) is 6.57. The molecule has 0 saturated carbocycles. The number of ether oxygens (including phenoxy) is 1. The van der Waals surface area contributed by atoms with E-state index in [0.717, 1.165) is 12.1 Å². The summed E-state index contributed by atoms with van der Waals surface area (Å²) in [5.74, 6) is -0.189. The highest BCUT2D eigenvalue weighted by Crippen LogP contribution is 2.24. The molecule has 0 bridgehead atoms. The first-order valence-electron chi connectivity index (χ1n) is 9.08. The fourth-order valence-corrected chi connectivity index (χ4v) is 4.97. The van der Waals surface area contributed by atoms with Gasteiger partial charge < -0.3 is 4.74 Å². The van der Waals surface area contributed by atoms with Gasteiger partial charge in [-0.15, -0.1) is 0 Å². The number of sulfonamides is 2. The van der Waals surface area contributed by atoms with Crippen LogP contribution >= 0.6 is 0 Å². The van der Waals surface area contributed by atoms with E-state index in [-0.39, 0.29) is 29.8 Å². The maximum absolute atomic E-state index is 13.0. The molecule has 1 aromatic heterocycles. The first-order valence-corrected chi connectivity index (χ1v) is 12.2. The first kappa shape index (κ1) is 21.5. The van der Waals surface area contributed by atoms with Gasteiger partial charge in [-0.1, -0.05) is 0 Å². The van der Waals surface area contributed by atoms with Gasteiger partial charge >= 0.3 is 0 Å². The molecule has 0 aliphatic carbocycles. The van der Waals surface area contributed by atoms with Crippen molar-refractivity contribution in [3.63, 3.8) is 0 Å². The highest BCUT2D eigenvalue weighted by Gasteiger charge is 2.30. The normalized spacial score (nSPS) is 16.5. The van der Waals surface area contributed by atoms with Crippen LogP contribution in [0.4, 0.5) is 10.1 Å². The number of nitrogens with zero attached hydrogens (tertiary/aromatic N) is 2. The van der Waals surface area contributed by atoms with Crippen molar-refractivity contribution in [1.82, 2.24) is 9.29 Å². The Morgan fingerprint density at radius 2 is 1.76 bits per heavy atom. The molecule has 3 rings (SSSR count). The summed E-state index contributed by atoms with van der Waals surface area (Å²) in [6.07, 6.45) is 2.12. The monoisotopic (exact) mass is 443 g/mol. The average molecular weight is 444 g/mol. The summed E-state index contributed by atoms with van der Waals surface area (Å²) in [5, 5.41) is 0. The number of hydrogen-bond acceptors (Lipinski definition) is 6. The third kappa shape index (κ3) is 5.43. The molecule has 8 nitrogen and oxygen atoms in total. The molecular weight excluding hydrogens is 421 g/mol. The van der Waals surface area contributed by atoms with Crippen LogP contribution in [0.25, 0.3) is 0 Å². The minimum Gasteiger partial charge on any atom is -0.474 e. The Hall–Kier alpha value is -2.24. The molecule has 11 heteroatoms. The van der Waals surface area contributed by atoms with Gasteiger partial charge in [0.05, 0.1) is 22.5 Å². The topological polar surface area (TPSA) is 106 Å². The Morgan fingerprint density at radius 3 is 2.31 bits per heavy atom. The molecule has 2 aromatic rings.